The first kappa shape index (κ1) is 25.1. The molecule has 0 radical (unpaired) electrons. The van der Waals surface area contributed by atoms with Crippen molar-refractivity contribution in [1.82, 2.24) is 5.32 Å². The van der Waals surface area contributed by atoms with Gasteiger partial charge in [-0.1, -0.05) is 25.8 Å². The predicted molar refractivity (Wildman–Crippen MR) is 107 cm³/mol. The first-order valence-electron chi connectivity index (χ1n) is 10.2. The summed E-state index contributed by atoms with van der Waals surface area (Å²) >= 11 is 0. The molecule has 8 heteroatoms. The van der Waals surface area contributed by atoms with Crippen molar-refractivity contribution in [3.05, 3.63) is 12.7 Å². The SMILES string of the molecule is C=CCCCCCCO[C@@H]1OC(COC(C)=O)[C@H](OC(C)=O)[C@H](C)C1NC(C)=O. The molecule has 1 N–H and O–H groups in total. The van der Waals surface area contributed by atoms with Crippen molar-refractivity contribution < 1.29 is 33.3 Å². The molecule has 1 fully saturated rings. The summed E-state index contributed by atoms with van der Waals surface area (Å²) in [5.74, 6) is -1.46. The van der Waals surface area contributed by atoms with E-state index in [9.17, 15) is 14.4 Å². The molecule has 1 saturated heterocycles. The van der Waals surface area contributed by atoms with Crippen LogP contribution in [0.1, 0.15) is 59.8 Å². The molecule has 1 amide bonds. The number of hydrogen-bond acceptors (Lipinski definition) is 7. The Kier molecular flexibility index (Phi) is 11.5. The van der Waals surface area contributed by atoms with Crippen molar-refractivity contribution in [2.45, 2.75) is 84.3 Å². The average molecular weight is 414 g/mol. The second-order valence-electron chi connectivity index (χ2n) is 7.37. The fraction of sp³-hybridized carbons (Fsp3) is 0.762. The highest BCUT2D eigenvalue weighted by Gasteiger charge is 2.46. The summed E-state index contributed by atoms with van der Waals surface area (Å²) in [7, 11) is 0. The van der Waals surface area contributed by atoms with Gasteiger partial charge in [-0.05, 0) is 19.3 Å². The molecule has 0 spiro atoms. The predicted octanol–water partition coefficient (Wildman–Crippen LogP) is 2.50. The highest BCUT2D eigenvalue weighted by atomic mass is 16.7. The third kappa shape index (κ3) is 9.41. The summed E-state index contributed by atoms with van der Waals surface area (Å²) in [5, 5.41) is 2.84. The second-order valence-corrected chi connectivity index (χ2v) is 7.37. The molecule has 8 nitrogen and oxygen atoms in total. The highest BCUT2D eigenvalue weighted by Crippen LogP contribution is 2.30. The summed E-state index contributed by atoms with van der Waals surface area (Å²) in [5.41, 5.74) is 0. The van der Waals surface area contributed by atoms with Gasteiger partial charge in [0.1, 0.15) is 18.8 Å². The normalized spacial score (nSPS) is 26.4. The number of unbranched alkanes of at least 4 members (excludes halogenated alkanes) is 4. The third-order valence-corrected chi connectivity index (χ3v) is 4.76. The zero-order valence-electron chi connectivity index (χ0n) is 18.0. The Bertz CT molecular complexity index is 549. The van der Waals surface area contributed by atoms with Gasteiger partial charge >= 0.3 is 11.9 Å². The molecule has 1 aliphatic rings. The van der Waals surface area contributed by atoms with Crippen molar-refractivity contribution in [1.29, 1.82) is 0 Å². The van der Waals surface area contributed by atoms with Crippen LogP contribution in [0.5, 0.6) is 0 Å². The minimum atomic E-state index is -0.727. The fourth-order valence-electron chi connectivity index (χ4n) is 3.35. The minimum absolute atomic E-state index is 0.0637. The average Bonchev–Trinajstić information content (AvgIpc) is 2.63. The Morgan fingerprint density at radius 2 is 1.76 bits per heavy atom. The van der Waals surface area contributed by atoms with Crippen molar-refractivity contribution in [2.24, 2.45) is 5.92 Å². The lowest BCUT2D eigenvalue weighted by atomic mass is 9.88. The van der Waals surface area contributed by atoms with E-state index in [4.69, 9.17) is 18.9 Å². The molecule has 1 rings (SSSR count). The van der Waals surface area contributed by atoms with Crippen molar-refractivity contribution in [3.8, 4) is 0 Å². The number of esters is 2. The molecule has 0 bridgehead atoms. The zero-order valence-corrected chi connectivity index (χ0v) is 18.0. The zero-order chi connectivity index (χ0) is 21.8. The number of nitrogens with one attached hydrogen (secondary N) is 1. The van der Waals surface area contributed by atoms with Crippen LogP contribution < -0.4 is 5.32 Å². The molecule has 166 valence electrons. The first-order valence-corrected chi connectivity index (χ1v) is 10.2. The number of carbonyl (C=O) groups excluding carboxylic acids is 3. The van der Waals surface area contributed by atoms with Gasteiger partial charge in [0, 0.05) is 33.3 Å². The maximum absolute atomic E-state index is 11.7. The van der Waals surface area contributed by atoms with Gasteiger partial charge in [-0.3, -0.25) is 14.4 Å². The van der Waals surface area contributed by atoms with Gasteiger partial charge in [0.15, 0.2) is 6.29 Å². The number of carbonyl (C=O) groups is 3. The molecule has 2 unspecified atom stereocenters. The molecule has 1 heterocycles. The highest BCUT2D eigenvalue weighted by molar-refractivity contribution is 5.73. The van der Waals surface area contributed by atoms with Crippen LogP contribution in [0, 0.1) is 5.92 Å². The number of rotatable bonds is 12. The fourth-order valence-corrected chi connectivity index (χ4v) is 3.35. The molecule has 0 aromatic rings. The van der Waals surface area contributed by atoms with E-state index in [1.165, 1.54) is 20.8 Å². The Morgan fingerprint density at radius 1 is 1.07 bits per heavy atom. The van der Waals surface area contributed by atoms with Crippen LogP contribution in [-0.4, -0.2) is 55.6 Å². The summed E-state index contributed by atoms with van der Waals surface area (Å²) in [4.78, 5) is 34.5. The number of amides is 1. The number of ether oxygens (including phenoxy) is 4. The first-order chi connectivity index (χ1) is 13.8. The van der Waals surface area contributed by atoms with E-state index in [1.54, 1.807) is 0 Å². The third-order valence-electron chi connectivity index (χ3n) is 4.76. The molecule has 0 saturated carbocycles. The van der Waals surface area contributed by atoms with E-state index >= 15 is 0 Å². The Hall–Kier alpha value is -1.93. The monoisotopic (exact) mass is 413 g/mol. The Labute approximate surface area is 173 Å². The van der Waals surface area contributed by atoms with E-state index in [0.717, 1.165) is 32.1 Å². The van der Waals surface area contributed by atoms with Crippen LogP contribution in [0.15, 0.2) is 12.7 Å². The standard InChI is InChI=1S/C21H35NO7/c1-6-7-8-9-10-11-12-26-21-19(22-15(3)23)14(2)20(28-17(5)25)18(29-21)13-27-16(4)24/h6,14,18-21H,1,7-13H2,2-5H3,(H,22,23)/t14-,18?,19?,20-,21-/m1/s1. The lowest BCUT2D eigenvalue weighted by Gasteiger charge is -2.44. The summed E-state index contributed by atoms with van der Waals surface area (Å²) < 4.78 is 22.4. The van der Waals surface area contributed by atoms with Gasteiger partial charge in [-0.2, -0.15) is 0 Å². The summed E-state index contributed by atoms with van der Waals surface area (Å²) in [6.07, 6.45) is 4.91. The van der Waals surface area contributed by atoms with Crippen molar-refractivity contribution in [3.63, 3.8) is 0 Å². The lowest BCUT2D eigenvalue weighted by Crippen LogP contribution is -2.62. The summed E-state index contributed by atoms with van der Waals surface area (Å²) in [6.45, 7) is 9.99. The van der Waals surface area contributed by atoms with Crippen molar-refractivity contribution >= 4 is 17.8 Å². The molecule has 0 aromatic carbocycles. The van der Waals surface area contributed by atoms with E-state index in [0.29, 0.717) is 6.61 Å². The molecular formula is C21H35NO7. The molecule has 1 aliphatic heterocycles. The van der Waals surface area contributed by atoms with Crippen LogP contribution in [0.25, 0.3) is 0 Å². The largest absolute Gasteiger partial charge is 0.463 e. The van der Waals surface area contributed by atoms with Crippen LogP contribution in [0.3, 0.4) is 0 Å². The molecule has 0 aliphatic carbocycles. The molecule has 29 heavy (non-hydrogen) atoms. The van der Waals surface area contributed by atoms with E-state index in [1.807, 2.05) is 13.0 Å². The van der Waals surface area contributed by atoms with Gasteiger partial charge in [-0.15, -0.1) is 6.58 Å². The van der Waals surface area contributed by atoms with Gasteiger partial charge in [0.05, 0.1) is 6.04 Å². The van der Waals surface area contributed by atoms with E-state index < -0.39 is 36.5 Å². The van der Waals surface area contributed by atoms with Crippen LogP contribution in [0.2, 0.25) is 0 Å². The number of allylic oxidation sites excluding steroid dienone is 1. The quantitative estimate of drug-likeness (QED) is 0.298. The topological polar surface area (TPSA) is 100 Å². The van der Waals surface area contributed by atoms with Crippen molar-refractivity contribution in [2.75, 3.05) is 13.2 Å². The maximum Gasteiger partial charge on any atom is 0.303 e. The van der Waals surface area contributed by atoms with Gasteiger partial charge in [0.25, 0.3) is 0 Å². The second kappa shape index (κ2) is 13.3. The van der Waals surface area contributed by atoms with Gasteiger partial charge in [-0.25, -0.2) is 0 Å². The lowest BCUT2D eigenvalue weighted by molar-refractivity contribution is -0.262. The molecule has 5 atom stereocenters. The van der Waals surface area contributed by atoms with Crippen LogP contribution in [-0.2, 0) is 33.3 Å². The van der Waals surface area contributed by atoms with Gasteiger partial charge in [0.2, 0.25) is 5.91 Å². The van der Waals surface area contributed by atoms with Crippen LogP contribution in [0.4, 0.5) is 0 Å². The molecule has 0 aromatic heterocycles. The summed E-state index contributed by atoms with van der Waals surface area (Å²) in [6, 6.07) is -0.494. The van der Waals surface area contributed by atoms with Gasteiger partial charge < -0.3 is 24.3 Å². The Balaban J connectivity index is 2.78. The number of hydrogen-bond donors (Lipinski definition) is 1. The molecular weight excluding hydrogens is 378 g/mol. The Morgan fingerprint density at radius 3 is 2.34 bits per heavy atom. The van der Waals surface area contributed by atoms with Crippen LogP contribution >= 0.6 is 0 Å². The van der Waals surface area contributed by atoms with E-state index in [-0.39, 0.29) is 18.4 Å². The maximum atomic E-state index is 11.7. The minimum Gasteiger partial charge on any atom is -0.463 e. The smallest absolute Gasteiger partial charge is 0.303 e. The van der Waals surface area contributed by atoms with E-state index in [2.05, 4.69) is 11.9 Å².